The van der Waals surface area contributed by atoms with Gasteiger partial charge in [-0.15, -0.1) is 12.4 Å². The molecule has 0 fully saturated rings. The zero-order valence-electron chi connectivity index (χ0n) is 14.3. The highest BCUT2D eigenvalue weighted by atomic mass is 35.5. The molecule has 25 heavy (non-hydrogen) atoms. The molecule has 3 aromatic rings. The van der Waals surface area contributed by atoms with Gasteiger partial charge in [-0.1, -0.05) is 54.1 Å². The van der Waals surface area contributed by atoms with Crippen LogP contribution in [0.25, 0.3) is 0 Å². The number of hydrogen-bond donors (Lipinski definition) is 1. The van der Waals surface area contributed by atoms with Gasteiger partial charge in [0.1, 0.15) is 12.4 Å². The van der Waals surface area contributed by atoms with Crippen molar-refractivity contribution in [2.45, 2.75) is 26.6 Å². The van der Waals surface area contributed by atoms with E-state index in [1.807, 2.05) is 30.5 Å². The van der Waals surface area contributed by atoms with Crippen LogP contribution < -0.4 is 10.1 Å². The van der Waals surface area contributed by atoms with E-state index in [0.717, 1.165) is 24.4 Å². The maximum atomic E-state index is 6.01. The molecule has 4 heteroatoms. The van der Waals surface area contributed by atoms with E-state index < -0.39 is 0 Å². The molecule has 0 saturated heterocycles. The second kappa shape index (κ2) is 9.82. The Hall–Kier alpha value is -2.36. The maximum Gasteiger partial charge on any atom is 0.124 e. The van der Waals surface area contributed by atoms with Gasteiger partial charge in [-0.25, -0.2) is 0 Å². The summed E-state index contributed by atoms with van der Waals surface area (Å²) in [5, 5.41) is 3.44. The first-order valence-electron chi connectivity index (χ1n) is 8.17. The maximum absolute atomic E-state index is 6.01. The molecule has 1 heterocycles. The van der Waals surface area contributed by atoms with Crippen LogP contribution in [0.4, 0.5) is 0 Å². The third kappa shape index (κ3) is 5.89. The largest absolute Gasteiger partial charge is 0.489 e. The van der Waals surface area contributed by atoms with Crippen LogP contribution in [0, 0.1) is 6.92 Å². The zero-order chi connectivity index (χ0) is 16.6. The van der Waals surface area contributed by atoms with Crippen LogP contribution in [0.2, 0.25) is 0 Å². The van der Waals surface area contributed by atoms with Crippen LogP contribution in [0.1, 0.15) is 22.3 Å². The summed E-state index contributed by atoms with van der Waals surface area (Å²) >= 11 is 0. The molecule has 1 aromatic heterocycles. The summed E-state index contributed by atoms with van der Waals surface area (Å²) in [7, 11) is 0. The highest BCUT2D eigenvalue weighted by Crippen LogP contribution is 2.19. The van der Waals surface area contributed by atoms with E-state index in [-0.39, 0.29) is 12.4 Å². The highest BCUT2D eigenvalue weighted by Gasteiger charge is 2.03. The lowest BCUT2D eigenvalue weighted by molar-refractivity contribution is 0.302. The van der Waals surface area contributed by atoms with Gasteiger partial charge in [-0.2, -0.15) is 0 Å². The molecule has 0 bridgehead atoms. The number of aryl methyl sites for hydroxylation is 1. The van der Waals surface area contributed by atoms with Gasteiger partial charge in [-0.3, -0.25) is 4.98 Å². The Morgan fingerprint density at radius 3 is 2.44 bits per heavy atom. The topological polar surface area (TPSA) is 34.1 Å². The summed E-state index contributed by atoms with van der Waals surface area (Å²) in [5.41, 5.74) is 4.78. The van der Waals surface area contributed by atoms with Crippen molar-refractivity contribution in [1.82, 2.24) is 10.3 Å². The third-order valence-electron chi connectivity index (χ3n) is 3.85. The fourth-order valence-corrected chi connectivity index (χ4v) is 2.48. The molecule has 0 atom stereocenters. The summed E-state index contributed by atoms with van der Waals surface area (Å²) in [4.78, 5) is 4.13. The normalized spacial score (nSPS) is 10.1. The second-order valence-corrected chi connectivity index (χ2v) is 5.85. The van der Waals surface area contributed by atoms with Crippen molar-refractivity contribution in [3.8, 4) is 5.75 Å². The van der Waals surface area contributed by atoms with Crippen molar-refractivity contribution in [3.63, 3.8) is 0 Å². The van der Waals surface area contributed by atoms with Crippen LogP contribution in [0.15, 0.2) is 73.1 Å². The third-order valence-corrected chi connectivity index (χ3v) is 3.85. The number of aromatic nitrogens is 1. The molecule has 0 aliphatic rings. The number of pyridine rings is 1. The van der Waals surface area contributed by atoms with Gasteiger partial charge >= 0.3 is 0 Å². The van der Waals surface area contributed by atoms with Gasteiger partial charge in [-0.05, 0) is 30.2 Å². The molecule has 0 saturated carbocycles. The molecule has 2 aromatic carbocycles. The van der Waals surface area contributed by atoms with Crippen LogP contribution in [0.5, 0.6) is 5.75 Å². The van der Waals surface area contributed by atoms with E-state index in [1.165, 1.54) is 16.7 Å². The highest BCUT2D eigenvalue weighted by molar-refractivity contribution is 5.85. The van der Waals surface area contributed by atoms with Crippen LogP contribution in [0.3, 0.4) is 0 Å². The molecular formula is C21H23ClN2O. The molecule has 1 N–H and O–H groups in total. The molecular weight excluding hydrogens is 332 g/mol. The van der Waals surface area contributed by atoms with Crippen molar-refractivity contribution in [2.24, 2.45) is 0 Å². The summed E-state index contributed by atoms with van der Waals surface area (Å²) in [6, 6.07) is 20.6. The molecule has 0 radical (unpaired) electrons. The van der Waals surface area contributed by atoms with Gasteiger partial charge in [0.25, 0.3) is 0 Å². The predicted molar refractivity (Wildman–Crippen MR) is 104 cm³/mol. The fraction of sp³-hybridized carbons (Fsp3) is 0.190. The molecule has 3 rings (SSSR count). The smallest absolute Gasteiger partial charge is 0.124 e. The van der Waals surface area contributed by atoms with Gasteiger partial charge in [0, 0.05) is 31.0 Å². The van der Waals surface area contributed by atoms with Crippen LogP contribution in [-0.4, -0.2) is 4.98 Å². The van der Waals surface area contributed by atoms with Crippen molar-refractivity contribution in [1.29, 1.82) is 0 Å². The number of hydrogen-bond acceptors (Lipinski definition) is 3. The molecule has 0 aliphatic heterocycles. The summed E-state index contributed by atoms with van der Waals surface area (Å²) in [5.74, 6) is 0.928. The Kier molecular flexibility index (Phi) is 7.45. The van der Waals surface area contributed by atoms with E-state index in [9.17, 15) is 0 Å². The number of nitrogens with zero attached hydrogens (tertiary/aromatic N) is 1. The van der Waals surface area contributed by atoms with Crippen molar-refractivity contribution in [2.75, 3.05) is 0 Å². The first kappa shape index (κ1) is 19.0. The van der Waals surface area contributed by atoms with E-state index in [0.29, 0.717) is 6.61 Å². The van der Waals surface area contributed by atoms with Crippen molar-refractivity contribution >= 4 is 12.4 Å². The number of halogens is 1. The van der Waals surface area contributed by atoms with E-state index >= 15 is 0 Å². The Morgan fingerprint density at radius 2 is 1.68 bits per heavy atom. The minimum Gasteiger partial charge on any atom is -0.489 e. The molecule has 0 aliphatic carbocycles. The number of para-hydroxylation sites is 1. The Bertz CT molecular complexity index is 760. The van der Waals surface area contributed by atoms with E-state index in [1.54, 1.807) is 6.20 Å². The first-order chi connectivity index (χ1) is 11.8. The number of benzene rings is 2. The summed E-state index contributed by atoms with van der Waals surface area (Å²) in [6.07, 6.45) is 3.67. The van der Waals surface area contributed by atoms with Gasteiger partial charge in [0.2, 0.25) is 0 Å². The van der Waals surface area contributed by atoms with Crippen LogP contribution >= 0.6 is 12.4 Å². The Balaban J connectivity index is 0.00000225. The lowest BCUT2D eigenvalue weighted by Crippen LogP contribution is -2.13. The lowest BCUT2D eigenvalue weighted by atomic mass is 10.1. The minimum atomic E-state index is 0. The molecule has 130 valence electrons. The summed E-state index contributed by atoms with van der Waals surface area (Å²) in [6.45, 7) is 4.23. The number of ether oxygens (including phenoxy) is 1. The quantitative estimate of drug-likeness (QED) is 0.668. The van der Waals surface area contributed by atoms with E-state index in [2.05, 4.69) is 53.6 Å². The lowest BCUT2D eigenvalue weighted by Gasteiger charge is -2.12. The Labute approximate surface area is 155 Å². The molecule has 0 amide bonds. The van der Waals surface area contributed by atoms with Gasteiger partial charge < -0.3 is 10.1 Å². The fourth-order valence-electron chi connectivity index (χ4n) is 2.48. The molecule has 0 spiro atoms. The second-order valence-electron chi connectivity index (χ2n) is 5.85. The van der Waals surface area contributed by atoms with Crippen molar-refractivity contribution < 1.29 is 4.74 Å². The van der Waals surface area contributed by atoms with Crippen molar-refractivity contribution in [3.05, 3.63) is 95.3 Å². The molecule has 3 nitrogen and oxygen atoms in total. The monoisotopic (exact) mass is 354 g/mol. The average molecular weight is 355 g/mol. The minimum absolute atomic E-state index is 0. The molecule has 0 unspecified atom stereocenters. The van der Waals surface area contributed by atoms with Gasteiger partial charge in [0.05, 0.1) is 0 Å². The zero-order valence-corrected chi connectivity index (χ0v) is 15.1. The van der Waals surface area contributed by atoms with E-state index in [4.69, 9.17) is 4.74 Å². The average Bonchev–Trinajstić information content (AvgIpc) is 2.63. The standard InChI is InChI=1S/C21H22N2O.ClH/c1-17-8-10-18(11-9-17)16-24-21-7-3-2-6-20(21)15-23-14-19-5-4-12-22-13-19;/h2-13,23H,14-16H2,1H3;1H. The Morgan fingerprint density at radius 1 is 0.880 bits per heavy atom. The summed E-state index contributed by atoms with van der Waals surface area (Å²) < 4.78 is 6.01. The number of nitrogens with one attached hydrogen (secondary N) is 1. The SMILES string of the molecule is Cc1ccc(COc2ccccc2CNCc2cccnc2)cc1.Cl. The first-order valence-corrected chi connectivity index (χ1v) is 8.17. The number of rotatable bonds is 7. The van der Waals surface area contributed by atoms with Crippen LogP contribution in [-0.2, 0) is 19.7 Å². The predicted octanol–water partition coefficient (Wildman–Crippen LogP) is 4.68. The van der Waals surface area contributed by atoms with Gasteiger partial charge in [0.15, 0.2) is 0 Å².